The van der Waals surface area contributed by atoms with Gasteiger partial charge in [-0.2, -0.15) is 10.2 Å². The van der Waals surface area contributed by atoms with Crippen molar-refractivity contribution >= 4 is 46.6 Å². The molecule has 0 spiro atoms. The van der Waals surface area contributed by atoms with Crippen LogP contribution in [0.2, 0.25) is 0 Å². The monoisotopic (exact) mass is 573 g/mol. The number of hydrogen-bond acceptors (Lipinski definition) is 7. The summed E-state index contributed by atoms with van der Waals surface area (Å²) < 4.78 is 20.0. The summed E-state index contributed by atoms with van der Waals surface area (Å²) in [7, 11) is 3.39. The number of aryl methyl sites for hydroxylation is 3. The van der Waals surface area contributed by atoms with Gasteiger partial charge in [0, 0.05) is 36.8 Å². The van der Waals surface area contributed by atoms with E-state index in [4.69, 9.17) is 0 Å². The van der Waals surface area contributed by atoms with Gasteiger partial charge in [0.15, 0.2) is 11.6 Å². The number of carbonyl (C=O) groups is 1. The molecule has 1 saturated heterocycles. The summed E-state index contributed by atoms with van der Waals surface area (Å²) in [5.41, 5.74) is 1.98. The number of fused-ring (bicyclic) bond motifs is 1. The van der Waals surface area contributed by atoms with Crippen LogP contribution in [0.5, 0.6) is 0 Å². The van der Waals surface area contributed by atoms with E-state index in [9.17, 15) is 9.59 Å². The minimum absolute atomic E-state index is 0.0886. The lowest BCUT2D eigenvalue weighted by atomic mass is 10.0. The fourth-order valence-corrected chi connectivity index (χ4v) is 6.13. The average molecular weight is 574 g/mol. The van der Waals surface area contributed by atoms with Crippen LogP contribution in [0, 0.1) is 18.7 Å². The summed E-state index contributed by atoms with van der Waals surface area (Å²) in [5.74, 6) is -0.0311. The lowest BCUT2D eigenvalue weighted by Gasteiger charge is -2.30. The van der Waals surface area contributed by atoms with Crippen molar-refractivity contribution in [3.63, 3.8) is 0 Å². The summed E-state index contributed by atoms with van der Waals surface area (Å²) in [4.78, 5) is 28.9. The molecular formula is C30H32FN7O2S. The van der Waals surface area contributed by atoms with Crippen LogP contribution < -0.4 is 25.9 Å². The van der Waals surface area contributed by atoms with E-state index in [1.54, 1.807) is 23.7 Å². The van der Waals surface area contributed by atoms with Crippen molar-refractivity contribution in [2.45, 2.75) is 33.2 Å². The Hall–Kier alpha value is -4.09. The first kappa shape index (κ1) is 27.1. The minimum atomic E-state index is -0.613. The molecule has 6 rings (SSSR count). The number of halogens is 1. The molecular weight excluding hydrogens is 541 g/mol. The Morgan fingerprint density at radius 1 is 1.15 bits per heavy atom. The zero-order chi connectivity index (χ0) is 28.8. The van der Waals surface area contributed by atoms with Gasteiger partial charge in [0.25, 0.3) is 11.5 Å². The van der Waals surface area contributed by atoms with E-state index >= 15 is 4.39 Å². The summed E-state index contributed by atoms with van der Waals surface area (Å²) >= 11 is 1.40. The van der Waals surface area contributed by atoms with Crippen LogP contribution in [0.3, 0.4) is 0 Å². The molecule has 212 valence electrons. The number of nitrogens with one attached hydrogen (secondary N) is 2. The number of nitrogens with zero attached hydrogens (tertiary/aromatic N) is 5. The maximum Gasteiger partial charge on any atom is 0.290 e. The topological polar surface area (TPSA) is 97.1 Å². The minimum Gasteiger partial charge on any atom is -0.334 e. The maximum atomic E-state index is 16.0. The van der Waals surface area contributed by atoms with Crippen molar-refractivity contribution < 1.29 is 9.18 Å². The first-order valence-electron chi connectivity index (χ1n) is 13.7. The molecule has 1 aliphatic carbocycles. The molecule has 3 aromatic heterocycles. The van der Waals surface area contributed by atoms with Gasteiger partial charge in [0.05, 0.1) is 22.0 Å². The maximum absolute atomic E-state index is 16.0. The van der Waals surface area contributed by atoms with Gasteiger partial charge in [-0.3, -0.25) is 19.2 Å². The molecule has 9 nitrogen and oxygen atoms in total. The highest BCUT2D eigenvalue weighted by Gasteiger charge is 2.21. The molecule has 1 aliphatic heterocycles. The molecule has 0 bridgehead atoms. The van der Waals surface area contributed by atoms with Gasteiger partial charge in [0.1, 0.15) is 5.69 Å². The number of thiophene rings is 1. The Bertz CT molecular complexity index is 1850. The molecule has 4 heterocycles. The molecule has 2 aliphatic rings. The number of benzene rings is 1. The zero-order valence-corrected chi connectivity index (χ0v) is 24.3. The van der Waals surface area contributed by atoms with E-state index in [0.29, 0.717) is 22.2 Å². The van der Waals surface area contributed by atoms with E-state index < -0.39 is 5.82 Å². The van der Waals surface area contributed by atoms with E-state index in [1.165, 1.54) is 35.6 Å². The second kappa shape index (κ2) is 10.7. The third-order valence-corrected chi connectivity index (χ3v) is 8.80. The fourth-order valence-electron chi connectivity index (χ4n) is 5.14. The van der Waals surface area contributed by atoms with Crippen LogP contribution in [-0.4, -0.2) is 43.5 Å². The van der Waals surface area contributed by atoms with Crippen LogP contribution in [0.15, 0.2) is 35.1 Å². The van der Waals surface area contributed by atoms with Crippen molar-refractivity contribution in [3.05, 3.63) is 72.4 Å². The highest BCUT2D eigenvalue weighted by molar-refractivity contribution is 7.12. The molecule has 1 unspecified atom stereocenters. The van der Waals surface area contributed by atoms with Crippen molar-refractivity contribution in [1.82, 2.24) is 24.5 Å². The number of carbonyl (C=O) groups excluding carboxylic acids is 1. The highest BCUT2D eigenvalue weighted by atomic mass is 32.1. The summed E-state index contributed by atoms with van der Waals surface area (Å²) in [6.07, 6.45) is 6.44. The largest absolute Gasteiger partial charge is 0.334 e. The van der Waals surface area contributed by atoms with Crippen molar-refractivity contribution in [2.75, 3.05) is 23.7 Å². The van der Waals surface area contributed by atoms with Gasteiger partial charge < -0.3 is 10.6 Å². The molecule has 0 radical (unpaired) electrons. The number of aromatic nitrogens is 4. The molecule has 4 aromatic rings. The Morgan fingerprint density at radius 3 is 2.71 bits per heavy atom. The van der Waals surface area contributed by atoms with Gasteiger partial charge in [-0.05, 0) is 67.8 Å². The summed E-state index contributed by atoms with van der Waals surface area (Å²) in [6, 6.07) is 8.63. The predicted octanol–water partition coefficient (Wildman–Crippen LogP) is 3.49. The molecule has 1 atom stereocenters. The number of hydrogen-bond donors (Lipinski definition) is 2. The zero-order valence-electron chi connectivity index (χ0n) is 23.5. The molecule has 1 amide bonds. The third kappa shape index (κ3) is 5.34. The number of likely N-dealkylation sites (tertiary alicyclic amines) is 1. The van der Waals surface area contributed by atoms with Crippen molar-refractivity contribution in [1.29, 1.82) is 0 Å². The lowest BCUT2D eigenvalue weighted by Crippen LogP contribution is -2.36. The Morgan fingerprint density at radius 2 is 1.95 bits per heavy atom. The number of rotatable bonds is 7. The normalized spacial score (nSPS) is 16.4. The van der Waals surface area contributed by atoms with Crippen LogP contribution in [0.1, 0.15) is 40.7 Å². The molecule has 0 saturated carbocycles. The van der Waals surface area contributed by atoms with Gasteiger partial charge in [-0.15, -0.1) is 11.3 Å². The molecule has 1 aromatic carbocycles. The summed E-state index contributed by atoms with van der Waals surface area (Å²) in [5, 5.41) is 15.7. The molecule has 11 heteroatoms. The molecule has 41 heavy (non-hydrogen) atoms. The summed E-state index contributed by atoms with van der Waals surface area (Å²) in [6.45, 7) is 6.80. The highest BCUT2D eigenvalue weighted by Crippen LogP contribution is 2.31. The van der Waals surface area contributed by atoms with E-state index in [0.717, 1.165) is 41.5 Å². The predicted molar refractivity (Wildman–Crippen MR) is 160 cm³/mol. The lowest BCUT2D eigenvalue weighted by molar-refractivity contribution is 0.103. The van der Waals surface area contributed by atoms with Crippen LogP contribution in [0.25, 0.3) is 23.4 Å². The Balaban J connectivity index is 1.29. The first-order valence-corrected chi connectivity index (χ1v) is 14.5. The first-order chi connectivity index (χ1) is 19.7. The molecule has 1 fully saturated rings. The number of amides is 1. The Labute approximate surface area is 240 Å². The van der Waals surface area contributed by atoms with Crippen LogP contribution >= 0.6 is 11.3 Å². The second-order valence-electron chi connectivity index (χ2n) is 10.9. The van der Waals surface area contributed by atoms with Gasteiger partial charge >= 0.3 is 0 Å². The van der Waals surface area contributed by atoms with E-state index in [2.05, 4.69) is 44.8 Å². The fraction of sp³-hybridized carbons (Fsp3) is 0.333. The quantitative estimate of drug-likeness (QED) is 0.352. The number of anilines is 3. The Kier molecular flexibility index (Phi) is 7.08. The van der Waals surface area contributed by atoms with Gasteiger partial charge in [-0.25, -0.2) is 9.07 Å². The van der Waals surface area contributed by atoms with Gasteiger partial charge in [0.2, 0.25) is 0 Å². The van der Waals surface area contributed by atoms with E-state index in [-0.39, 0.29) is 34.1 Å². The van der Waals surface area contributed by atoms with Crippen molar-refractivity contribution in [3.8, 4) is 11.3 Å². The third-order valence-electron chi connectivity index (χ3n) is 7.66. The second-order valence-corrected chi connectivity index (χ2v) is 11.9. The van der Waals surface area contributed by atoms with Crippen LogP contribution in [0.4, 0.5) is 21.6 Å². The molecule has 2 N–H and O–H groups in total. The smallest absolute Gasteiger partial charge is 0.290 e. The average Bonchev–Trinajstić information content (AvgIpc) is 3.48. The van der Waals surface area contributed by atoms with Crippen LogP contribution in [-0.2, 0) is 20.6 Å². The van der Waals surface area contributed by atoms with E-state index in [1.807, 2.05) is 19.2 Å². The standard InChI is InChI=1S/C30H32FN7O2S/c1-17-6-9-24-19(12-17)13-25(41-24)29(39)33-28-18(2)7-8-21(27(28)31)22-15-23(30(40)37(4)34-22)32-26-14-20(36(3)35-26)16-38-10-5-11-38/h7-9,12-15,17H,5-6,10-11,16H2,1-4H3,(H,32,35)(H,33,39). The SMILES string of the molecule is Cc1ccc(-c2cc(Nc3cc(CN4CCC4)n(C)n3)c(=O)n(C)n2)c(F)c1NC(=O)c1cc2c(s1)=CCC(C)C=2. The van der Waals surface area contributed by atoms with Crippen molar-refractivity contribution in [2.24, 2.45) is 20.0 Å². The van der Waals surface area contributed by atoms with Gasteiger partial charge in [-0.1, -0.05) is 25.1 Å².